The van der Waals surface area contributed by atoms with Gasteiger partial charge in [-0.3, -0.25) is 0 Å². The van der Waals surface area contributed by atoms with Crippen LogP contribution >= 0.6 is 0 Å². The number of ether oxygens (including phenoxy) is 1. The summed E-state index contributed by atoms with van der Waals surface area (Å²) in [5.41, 5.74) is 20.8. The Hall–Kier alpha value is -3.44. The second-order valence-electron chi connectivity index (χ2n) is 11.1. The molecule has 3 N–H and O–H groups in total. The number of hydrogen-bond acceptors (Lipinski definition) is 5. The van der Waals surface area contributed by atoms with Crippen molar-refractivity contribution in [2.75, 3.05) is 36.7 Å². The van der Waals surface area contributed by atoms with Gasteiger partial charge in [-0.1, -0.05) is 76.9 Å². The molecule has 1 heterocycles. The predicted octanol–water partition coefficient (Wildman–Crippen LogP) is 8.36. The number of rotatable bonds is 14. The molecule has 1 saturated heterocycles. The molecular weight excluding hydrogens is 504 g/mol. The third-order valence-electron chi connectivity index (χ3n) is 8.07. The van der Waals surface area contributed by atoms with Crippen LogP contribution in [0.4, 0.5) is 11.4 Å². The number of hydrazine groups is 1. The standard InChI is InChI=1S/C36H50N4O/c1-6-12-27-14-10-11-15-31(27)32(13-7-2)36(37)33-21-16-28(26-35(33)39(23-8-3)24-9-4)34-22-25-40(38-34)29-17-19-30(41-5)20-18-29/h10-11,14-21,26,34,38H,6-9,12-13,22-25,37H2,1-5H3. The summed E-state index contributed by atoms with van der Waals surface area (Å²) in [6.45, 7) is 12.0. The number of nitrogens with two attached hydrogens (primary N) is 1. The monoisotopic (exact) mass is 554 g/mol. The zero-order valence-corrected chi connectivity index (χ0v) is 25.9. The summed E-state index contributed by atoms with van der Waals surface area (Å²) in [6.07, 6.45) is 7.46. The van der Waals surface area contributed by atoms with Crippen LogP contribution in [0.2, 0.25) is 0 Å². The van der Waals surface area contributed by atoms with Crippen molar-refractivity contribution in [2.45, 2.75) is 78.7 Å². The smallest absolute Gasteiger partial charge is 0.119 e. The third kappa shape index (κ3) is 7.26. The molecule has 220 valence electrons. The first-order valence-electron chi connectivity index (χ1n) is 15.7. The van der Waals surface area contributed by atoms with E-state index in [0.29, 0.717) is 0 Å². The van der Waals surface area contributed by atoms with Crippen molar-refractivity contribution in [3.63, 3.8) is 0 Å². The molecule has 1 aliphatic rings. The summed E-state index contributed by atoms with van der Waals surface area (Å²) in [5, 5.41) is 2.26. The largest absolute Gasteiger partial charge is 0.497 e. The first-order valence-corrected chi connectivity index (χ1v) is 15.7. The Labute approximate surface area is 248 Å². The molecule has 1 unspecified atom stereocenters. The second kappa shape index (κ2) is 15.0. The lowest BCUT2D eigenvalue weighted by Crippen LogP contribution is -2.32. The Bertz CT molecular complexity index is 1280. The highest BCUT2D eigenvalue weighted by Gasteiger charge is 2.26. The number of hydrogen-bond donors (Lipinski definition) is 2. The summed E-state index contributed by atoms with van der Waals surface area (Å²) >= 11 is 0. The highest BCUT2D eigenvalue weighted by molar-refractivity contribution is 5.94. The van der Waals surface area contributed by atoms with Gasteiger partial charge in [0.2, 0.25) is 0 Å². The average molecular weight is 555 g/mol. The van der Waals surface area contributed by atoms with Crippen molar-refractivity contribution >= 4 is 22.6 Å². The fourth-order valence-electron chi connectivity index (χ4n) is 6.06. The molecule has 41 heavy (non-hydrogen) atoms. The normalized spacial score (nSPS) is 15.6. The first-order chi connectivity index (χ1) is 20.0. The lowest BCUT2D eigenvalue weighted by molar-refractivity contribution is 0.415. The van der Waals surface area contributed by atoms with E-state index in [2.05, 4.69) is 97.6 Å². The van der Waals surface area contributed by atoms with E-state index in [1.807, 2.05) is 12.1 Å². The van der Waals surface area contributed by atoms with E-state index in [1.165, 1.54) is 28.0 Å². The molecular formula is C36H50N4O. The number of benzene rings is 3. The van der Waals surface area contributed by atoms with E-state index in [9.17, 15) is 0 Å². The van der Waals surface area contributed by atoms with Gasteiger partial charge in [0.25, 0.3) is 0 Å². The van der Waals surface area contributed by atoms with Crippen LogP contribution in [0.1, 0.15) is 94.5 Å². The van der Waals surface area contributed by atoms with Gasteiger partial charge >= 0.3 is 0 Å². The van der Waals surface area contributed by atoms with Gasteiger partial charge in [-0.15, -0.1) is 0 Å². The Balaban J connectivity index is 1.75. The Morgan fingerprint density at radius 3 is 2.29 bits per heavy atom. The highest BCUT2D eigenvalue weighted by Crippen LogP contribution is 2.37. The number of nitrogens with zero attached hydrogens (tertiary/aromatic N) is 2. The SMILES string of the molecule is CCCC(=C(N)c1ccc(C2CCN(c3ccc(OC)cc3)N2)cc1N(CCC)CCC)c1ccccc1CCC. The molecule has 1 aliphatic heterocycles. The van der Waals surface area contributed by atoms with Gasteiger partial charge in [-0.25, -0.2) is 5.43 Å². The molecule has 0 aliphatic carbocycles. The zero-order valence-electron chi connectivity index (χ0n) is 25.9. The average Bonchev–Trinajstić information content (AvgIpc) is 3.50. The molecule has 5 heteroatoms. The molecule has 0 amide bonds. The molecule has 0 radical (unpaired) electrons. The third-order valence-corrected chi connectivity index (χ3v) is 8.07. The van der Waals surface area contributed by atoms with Crippen LogP contribution in [-0.2, 0) is 6.42 Å². The minimum atomic E-state index is 0.251. The maximum absolute atomic E-state index is 7.20. The van der Waals surface area contributed by atoms with E-state index >= 15 is 0 Å². The van der Waals surface area contributed by atoms with Crippen LogP contribution in [0.3, 0.4) is 0 Å². The first kappa shape index (κ1) is 30.5. The molecule has 0 bridgehead atoms. The maximum Gasteiger partial charge on any atom is 0.119 e. The Morgan fingerprint density at radius 1 is 0.902 bits per heavy atom. The molecule has 3 aromatic carbocycles. The minimum absolute atomic E-state index is 0.251. The summed E-state index contributed by atoms with van der Waals surface area (Å²) in [5.74, 6) is 0.877. The van der Waals surface area contributed by atoms with Crippen molar-refractivity contribution in [3.8, 4) is 5.75 Å². The van der Waals surface area contributed by atoms with Crippen LogP contribution in [-0.4, -0.2) is 26.7 Å². The maximum atomic E-state index is 7.20. The molecule has 5 nitrogen and oxygen atoms in total. The van der Waals surface area contributed by atoms with Crippen LogP contribution in [0.5, 0.6) is 5.75 Å². The summed E-state index contributed by atoms with van der Waals surface area (Å²) in [7, 11) is 1.71. The molecule has 4 rings (SSSR count). The van der Waals surface area contributed by atoms with Gasteiger partial charge in [-0.05, 0) is 84.7 Å². The van der Waals surface area contributed by atoms with Crippen LogP contribution in [0, 0.1) is 0 Å². The van der Waals surface area contributed by atoms with E-state index < -0.39 is 0 Å². The summed E-state index contributed by atoms with van der Waals surface area (Å²) < 4.78 is 5.35. The van der Waals surface area contributed by atoms with Gasteiger partial charge in [0.15, 0.2) is 0 Å². The lowest BCUT2D eigenvalue weighted by Gasteiger charge is -2.29. The van der Waals surface area contributed by atoms with Crippen molar-refractivity contribution in [2.24, 2.45) is 5.73 Å². The van der Waals surface area contributed by atoms with E-state index in [0.717, 1.165) is 87.3 Å². The lowest BCUT2D eigenvalue weighted by atomic mass is 9.89. The van der Waals surface area contributed by atoms with Gasteiger partial charge in [0, 0.05) is 36.6 Å². The van der Waals surface area contributed by atoms with Gasteiger partial charge in [0.05, 0.1) is 18.8 Å². The minimum Gasteiger partial charge on any atom is -0.497 e. The molecule has 1 atom stereocenters. The number of aryl methyl sites for hydroxylation is 1. The Kier molecular flexibility index (Phi) is 11.1. The molecule has 0 spiro atoms. The summed E-state index contributed by atoms with van der Waals surface area (Å²) in [4.78, 5) is 2.55. The zero-order chi connectivity index (χ0) is 29.2. The molecule has 0 aromatic heterocycles. The number of anilines is 2. The highest BCUT2D eigenvalue weighted by atomic mass is 16.5. The van der Waals surface area contributed by atoms with Crippen molar-refractivity contribution in [1.82, 2.24) is 5.43 Å². The summed E-state index contributed by atoms with van der Waals surface area (Å²) in [6, 6.07) is 24.4. The van der Waals surface area contributed by atoms with E-state index in [1.54, 1.807) is 7.11 Å². The Morgan fingerprint density at radius 2 is 1.63 bits per heavy atom. The molecule has 3 aromatic rings. The number of methoxy groups -OCH3 is 1. The molecule has 0 saturated carbocycles. The number of allylic oxidation sites excluding steroid dienone is 1. The van der Waals surface area contributed by atoms with E-state index in [-0.39, 0.29) is 6.04 Å². The van der Waals surface area contributed by atoms with Crippen LogP contribution in [0.25, 0.3) is 11.3 Å². The quantitative estimate of drug-likeness (QED) is 0.196. The van der Waals surface area contributed by atoms with Crippen molar-refractivity contribution in [3.05, 3.63) is 89.0 Å². The molecule has 1 fully saturated rings. The predicted molar refractivity (Wildman–Crippen MR) is 176 cm³/mol. The van der Waals surface area contributed by atoms with Gasteiger partial charge in [0.1, 0.15) is 5.75 Å². The van der Waals surface area contributed by atoms with Crippen molar-refractivity contribution < 1.29 is 4.74 Å². The fourth-order valence-corrected chi connectivity index (χ4v) is 6.06. The fraction of sp³-hybridized carbons (Fsp3) is 0.444. The van der Waals surface area contributed by atoms with Gasteiger partial charge in [-0.2, -0.15) is 0 Å². The second-order valence-corrected chi connectivity index (χ2v) is 11.1. The topological polar surface area (TPSA) is 53.8 Å². The van der Waals surface area contributed by atoms with Crippen LogP contribution in [0.15, 0.2) is 66.7 Å². The van der Waals surface area contributed by atoms with Gasteiger partial charge < -0.3 is 20.4 Å². The van der Waals surface area contributed by atoms with Crippen LogP contribution < -0.4 is 25.8 Å². The number of nitrogens with one attached hydrogen (secondary N) is 1. The van der Waals surface area contributed by atoms with E-state index in [4.69, 9.17) is 10.5 Å². The van der Waals surface area contributed by atoms with Crippen molar-refractivity contribution in [1.29, 1.82) is 0 Å².